The maximum atomic E-state index is 9.88. The molecule has 3 nitrogen and oxygen atoms in total. The minimum absolute atomic E-state index is 0.208. The number of hydrogen-bond acceptors (Lipinski definition) is 3. The van der Waals surface area contributed by atoms with Crippen LogP contribution in [0.25, 0.3) is 0 Å². The van der Waals surface area contributed by atoms with Crippen LogP contribution in [0.15, 0.2) is 97.1 Å². The van der Waals surface area contributed by atoms with Gasteiger partial charge in [-0.3, -0.25) is 0 Å². The molecule has 0 amide bonds. The van der Waals surface area contributed by atoms with Gasteiger partial charge >= 0.3 is 0 Å². The highest BCUT2D eigenvalue weighted by Gasteiger charge is 2.32. The van der Waals surface area contributed by atoms with E-state index < -0.39 is 5.41 Å². The van der Waals surface area contributed by atoms with Gasteiger partial charge in [0.25, 0.3) is 0 Å². The van der Waals surface area contributed by atoms with Gasteiger partial charge in [-0.15, -0.1) is 0 Å². The lowest BCUT2D eigenvalue weighted by Crippen LogP contribution is -2.26. The smallest absolute Gasteiger partial charge is 0.119 e. The van der Waals surface area contributed by atoms with Gasteiger partial charge in [-0.1, -0.05) is 74.5 Å². The average Bonchev–Trinajstić information content (AvgIpc) is 2.85. The molecule has 2 N–H and O–H groups in total. The molecule has 0 aliphatic carbocycles. The molecule has 0 saturated heterocycles. The van der Waals surface area contributed by atoms with E-state index in [0.717, 1.165) is 28.0 Å². The standard InChI is InChI=1S/C31H32O3/c1-5-34-29-20-14-26(15-21-29)31(4,25-12-18-28(33)19-13-25)24-8-6-22(7-9-24)30(2,3)23-10-16-27(32)17-11-23/h6-21,32-33H,5H2,1-4H3. The summed E-state index contributed by atoms with van der Waals surface area (Å²) in [6.07, 6.45) is 0. The molecule has 0 saturated carbocycles. The van der Waals surface area contributed by atoms with Crippen molar-refractivity contribution in [1.82, 2.24) is 0 Å². The fourth-order valence-corrected chi connectivity index (χ4v) is 4.61. The Labute approximate surface area is 202 Å². The molecular formula is C31H32O3. The van der Waals surface area contributed by atoms with Crippen LogP contribution in [-0.2, 0) is 10.8 Å². The summed E-state index contributed by atoms with van der Waals surface area (Å²) in [5.74, 6) is 1.38. The van der Waals surface area contributed by atoms with Crippen molar-refractivity contribution in [3.8, 4) is 17.2 Å². The maximum Gasteiger partial charge on any atom is 0.119 e. The average molecular weight is 453 g/mol. The van der Waals surface area contributed by atoms with Crippen molar-refractivity contribution < 1.29 is 14.9 Å². The molecule has 4 aromatic rings. The Morgan fingerprint density at radius 2 is 0.853 bits per heavy atom. The van der Waals surface area contributed by atoms with E-state index in [9.17, 15) is 10.2 Å². The molecular weight excluding hydrogens is 420 g/mol. The predicted molar refractivity (Wildman–Crippen MR) is 138 cm³/mol. The Bertz CT molecular complexity index is 1220. The van der Waals surface area contributed by atoms with Crippen LogP contribution in [0.2, 0.25) is 0 Å². The largest absolute Gasteiger partial charge is 0.508 e. The quantitative estimate of drug-likeness (QED) is 0.292. The molecule has 0 aliphatic heterocycles. The first kappa shape index (κ1) is 23.4. The third-order valence-corrected chi connectivity index (χ3v) is 6.96. The number of aromatic hydroxyl groups is 2. The molecule has 0 aromatic heterocycles. The second kappa shape index (κ2) is 9.26. The number of phenolic OH excluding ortho intramolecular Hbond substituents is 2. The summed E-state index contributed by atoms with van der Waals surface area (Å²) in [5, 5.41) is 19.6. The minimum atomic E-state index is -0.417. The van der Waals surface area contributed by atoms with E-state index in [-0.39, 0.29) is 16.9 Å². The molecule has 34 heavy (non-hydrogen) atoms. The summed E-state index contributed by atoms with van der Waals surface area (Å²) in [4.78, 5) is 0. The van der Waals surface area contributed by atoms with E-state index in [4.69, 9.17) is 4.74 Å². The monoisotopic (exact) mass is 452 g/mol. The van der Waals surface area contributed by atoms with Gasteiger partial charge in [0.1, 0.15) is 17.2 Å². The van der Waals surface area contributed by atoms with Crippen LogP contribution in [0.4, 0.5) is 0 Å². The third-order valence-electron chi connectivity index (χ3n) is 6.96. The Balaban J connectivity index is 1.77. The molecule has 3 heteroatoms. The summed E-state index contributed by atoms with van der Waals surface area (Å²) in [6, 6.07) is 31.9. The van der Waals surface area contributed by atoms with Gasteiger partial charge in [-0.25, -0.2) is 0 Å². The highest BCUT2D eigenvalue weighted by Crippen LogP contribution is 2.41. The first-order valence-corrected chi connectivity index (χ1v) is 11.7. The molecule has 174 valence electrons. The van der Waals surface area contributed by atoms with E-state index in [1.54, 1.807) is 24.3 Å². The Morgan fingerprint density at radius 3 is 1.26 bits per heavy atom. The maximum absolute atomic E-state index is 9.88. The second-order valence-electron chi connectivity index (χ2n) is 9.38. The fraction of sp³-hybridized carbons (Fsp3) is 0.226. The summed E-state index contributed by atoms with van der Waals surface area (Å²) in [7, 11) is 0. The molecule has 0 bridgehead atoms. The number of ether oxygens (including phenoxy) is 1. The van der Waals surface area contributed by atoms with E-state index in [2.05, 4.69) is 57.2 Å². The SMILES string of the molecule is CCOc1ccc(C(C)(c2ccc(O)cc2)c2ccc(C(C)(C)c3ccc(O)cc3)cc2)cc1. The van der Waals surface area contributed by atoms with Crippen LogP contribution in [0, 0.1) is 0 Å². The van der Waals surface area contributed by atoms with Crippen molar-refractivity contribution in [3.63, 3.8) is 0 Å². The van der Waals surface area contributed by atoms with Crippen molar-refractivity contribution in [2.24, 2.45) is 0 Å². The van der Waals surface area contributed by atoms with Crippen LogP contribution in [0.1, 0.15) is 55.5 Å². The normalized spacial score (nSPS) is 13.3. The topological polar surface area (TPSA) is 49.7 Å². The van der Waals surface area contributed by atoms with Crippen LogP contribution >= 0.6 is 0 Å². The van der Waals surface area contributed by atoms with Crippen molar-refractivity contribution in [3.05, 3.63) is 125 Å². The van der Waals surface area contributed by atoms with Crippen molar-refractivity contribution in [2.45, 2.75) is 38.5 Å². The lowest BCUT2D eigenvalue weighted by molar-refractivity contribution is 0.340. The summed E-state index contributed by atoms with van der Waals surface area (Å²) < 4.78 is 5.65. The van der Waals surface area contributed by atoms with Gasteiger partial charge in [0.15, 0.2) is 0 Å². The zero-order valence-electron chi connectivity index (χ0n) is 20.2. The van der Waals surface area contributed by atoms with E-state index in [1.807, 2.05) is 43.3 Å². The Hall–Kier alpha value is -3.72. The van der Waals surface area contributed by atoms with E-state index >= 15 is 0 Å². The van der Waals surface area contributed by atoms with Crippen molar-refractivity contribution in [2.75, 3.05) is 6.61 Å². The summed E-state index contributed by atoms with van der Waals surface area (Å²) in [5.41, 5.74) is 5.12. The van der Waals surface area contributed by atoms with E-state index in [1.165, 1.54) is 5.56 Å². The molecule has 0 aliphatic rings. The molecule has 0 radical (unpaired) electrons. The third kappa shape index (κ3) is 4.38. The predicted octanol–water partition coefficient (Wildman–Crippen LogP) is 7.18. The zero-order valence-corrected chi connectivity index (χ0v) is 20.2. The van der Waals surface area contributed by atoms with Gasteiger partial charge in [-0.2, -0.15) is 0 Å². The van der Waals surface area contributed by atoms with Crippen LogP contribution in [-0.4, -0.2) is 16.8 Å². The van der Waals surface area contributed by atoms with Gasteiger partial charge in [0.2, 0.25) is 0 Å². The van der Waals surface area contributed by atoms with Gasteiger partial charge in [-0.05, 0) is 78.1 Å². The second-order valence-corrected chi connectivity index (χ2v) is 9.38. The van der Waals surface area contributed by atoms with E-state index in [0.29, 0.717) is 6.61 Å². The lowest BCUT2D eigenvalue weighted by atomic mass is 9.70. The number of hydrogen-bond donors (Lipinski definition) is 2. The molecule has 1 unspecified atom stereocenters. The van der Waals surface area contributed by atoms with Crippen LogP contribution in [0.5, 0.6) is 17.2 Å². The van der Waals surface area contributed by atoms with Crippen molar-refractivity contribution >= 4 is 0 Å². The van der Waals surface area contributed by atoms with Gasteiger partial charge in [0, 0.05) is 10.8 Å². The molecule has 4 rings (SSSR count). The van der Waals surface area contributed by atoms with Gasteiger partial charge < -0.3 is 14.9 Å². The Kier molecular flexibility index (Phi) is 6.39. The number of benzene rings is 4. The fourth-order valence-electron chi connectivity index (χ4n) is 4.61. The molecule has 4 aromatic carbocycles. The summed E-state index contributed by atoms with van der Waals surface area (Å²) in [6.45, 7) is 9.22. The number of rotatable bonds is 7. The lowest BCUT2D eigenvalue weighted by Gasteiger charge is -2.33. The van der Waals surface area contributed by atoms with Crippen LogP contribution < -0.4 is 4.74 Å². The zero-order chi connectivity index (χ0) is 24.3. The molecule has 0 fully saturated rings. The Morgan fingerprint density at radius 1 is 0.529 bits per heavy atom. The highest BCUT2D eigenvalue weighted by atomic mass is 16.5. The molecule has 1 atom stereocenters. The molecule has 0 spiro atoms. The van der Waals surface area contributed by atoms with Crippen molar-refractivity contribution in [1.29, 1.82) is 0 Å². The number of phenols is 2. The first-order valence-electron chi connectivity index (χ1n) is 11.7. The first-order chi connectivity index (χ1) is 16.2. The highest BCUT2D eigenvalue weighted by molar-refractivity contribution is 5.52. The van der Waals surface area contributed by atoms with Crippen LogP contribution in [0.3, 0.4) is 0 Å². The van der Waals surface area contributed by atoms with Gasteiger partial charge in [0.05, 0.1) is 6.61 Å². The minimum Gasteiger partial charge on any atom is -0.508 e. The summed E-state index contributed by atoms with van der Waals surface area (Å²) >= 11 is 0. The molecule has 0 heterocycles.